The van der Waals surface area contributed by atoms with Gasteiger partial charge in [-0.15, -0.1) is 0 Å². The van der Waals surface area contributed by atoms with Crippen LogP contribution in [0.3, 0.4) is 0 Å². The summed E-state index contributed by atoms with van der Waals surface area (Å²) in [5.41, 5.74) is 3.49. The molecule has 33 heavy (non-hydrogen) atoms. The van der Waals surface area contributed by atoms with Crippen LogP contribution < -0.4 is 4.74 Å². The van der Waals surface area contributed by atoms with E-state index in [2.05, 4.69) is 10.1 Å². The smallest absolute Gasteiger partial charge is 0.174 e. The van der Waals surface area contributed by atoms with Crippen molar-refractivity contribution in [3.63, 3.8) is 0 Å². The molecule has 6 nitrogen and oxygen atoms in total. The lowest BCUT2D eigenvalue weighted by molar-refractivity contribution is 0.413. The minimum absolute atomic E-state index is 0.110. The summed E-state index contributed by atoms with van der Waals surface area (Å²) in [6.45, 7) is 2.69. The maximum atomic E-state index is 13.8. The van der Waals surface area contributed by atoms with E-state index in [0.29, 0.717) is 11.4 Å². The molecule has 0 amide bonds. The fraction of sp³-hybridized carbons (Fsp3) is 0.240. The van der Waals surface area contributed by atoms with Crippen LogP contribution in [0.25, 0.3) is 17.8 Å². The molecule has 168 valence electrons. The molecule has 2 aromatic heterocycles. The molecule has 8 heteroatoms. The van der Waals surface area contributed by atoms with Gasteiger partial charge in [0.05, 0.1) is 24.8 Å². The number of aryl methyl sites for hydroxylation is 2. The molecule has 1 atom stereocenters. The van der Waals surface area contributed by atoms with Gasteiger partial charge in [0, 0.05) is 18.7 Å². The fourth-order valence-electron chi connectivity index (χ4n) is 4.22. The average molecular weight is 447 g/mol. The van der Waals surface area contributed by atoms with E-state index in [1.54, 1.807) is 19.5 Å². The van der Waals surface area contributed by atoms with Gasteiger partial charge < -0.3 is 9.30 Å². The Hall–Kier alpha value is -3.81. The SMILES string of the molecule is COc1cc(/C=C/c2nc3n(n2)CCCC3c2ccc(F)c(F)c2)ccc1-n1cnc(C)c1. The lowest BCUT2D eigenvalue weighted by Gasteiger charge is -2.22. The molecular weight excluding hydrogens is 424 g/mol. The number of aromatic nitrogens is 5. The Morgan fingerprint density at radius 1 is 1.09 bits per heavy atom. The van der Waals surface area contributed by atoms with Crippen molar-refractivity contribution < 1.29 is 13.5 Å². The van der Waals surface area contributed by atoms with Gasteiger partial charge in [0.25, 0.3) is 0 Å². The Morgan fingerprint density at radius 2 is 1.97 bits per heavy atom. The summed E-state index contributed by atoms with van der Waals surface area (Å²) in [5.74, 6) is 0.284. The largest absolute Gasteiger partial charge is 0.495 e. The highest BCUT2D eigenvalue weighted by Crippen LogP contribution is 2.33. The van der Waals surface area contributed by atoms with Crippen LogP contribution in [0.15, 0.2) is 48.9 Å². The lowest BCUT2D eigenvalue weighted by Crippen LogP contribution is -2.18. The first-order valence-electron chi connectivity index (χ1n) is 10.8. The summed E-state index contributed by atoms with van der Waals surface area (Å²) in [7, 11) is 1.64. The number of hydrogen-bond acceptors (Lipinski definition) is 4. The monoisotopic (exact) mass is 447 g/mol. The molecule has 1 aliphatic heterocycles. The first-order chi connectivity index (χ1) is 16.0. The molecule has 0 N–H and O–H groups in total. The van der Waals surface area contributed by atoms with Crippen LogP contribution >= 0.6 is 0 Å². The standard InChI is InChI=1S/C25H23F2N5O/c1-16-14-31(15-28-16)22-9-5-17(12-23(22)33-2)6-10-24-29-25-19(4-3-11-32(25)30-24)18-7-8-20(26)21(27)13-18/h5-10,12-15,19H,3-4,11H2,1-2H3/b10-6+. The van der Waals surface area contributed by atoms with Crippen molar-refractivity contribution in [2.24, 2.45) is 0 Å². The third-order valence-electron chi connectivity index (χ3n) is 5.86. The van der Waals surface area contributed by atoms with Gasteiger partial charge in [-0.05, 0) is 61.2 Å². The molecule has 0 spiro atoms. The molecule has 4 aromatic rings. The lowest BCUT2D eigenvalue weighted by atomic mass is 9.91. The van der Waals surface area contributed by atoms with Crippen LogP contribution in [-0.2, 0) is 6.54 Å². The predicted molar refractivity (Wildman–Crippen MR) is 121 cm³/mol. The second-order valence-corrected chi connectivity index (χ2v) is 8.11. The van der Waals surface area contributed by atoms with Crippen LogP contribution in [0, 0.1) is 18.6 Å². The molecule has 2 aromatic carbocycles. The van der Waals surface area contributed by atoms with Crippen molar-refractivity contribution >= 4 is 12.2 Å². The summed E-state index contributed by atoms with van der Waals surface area (Å²) >= 11 is 0. The predicted octanol–water partition coefficient (Wildman–Crippen LogP) is 5.16. The number of ether oxygens (including phenoxy) is 1. The third kappa shape index (κ3) is 4.16. The van der Waals surface area contributed by atoms with E-state index in [9.17, 15) is 8.78 Å². The van der Waals surface area contributed by atoms with E-state index in [-0.39, 0.29) is 5.92 Å². The molecule has 0 aliphatic carbocycles. The van der Waals surface area contributed by atoms with Gasteiger partial charge in [-0.25, -0.2) is 23.4 Å². The molecule has 1 unspecified atom stereocenters. The Balaban J connectivity index is 1.41. The zero-order chi connectivity index (χ0) is 22.9. The van der Waals surface area contributed by atoms with Crippen molar-refractivity contribution in [1.82, 2.24) is 24.3 Å². The van der Waals surface area contributed by atoms with Crippen LogP contribution in [-0.4, -0.2) is 31.4 Å². The number of imidazole rings is 1. The number of hydrogen-bond donors (Lipinski definition) is 0. The van der Waals surface area contributed by atoms with Crippen molar-refractivity contribution in [3.8, 4) is 11.4 Å². The number of nitrogens with zero attached hydrogens (tertiary/aromatic N) is 5. The molecule has 1 aliphatic rings. The number of rotatable bonds is 5. The summed E-state index contributed by atoms with van der Waals surface area (Å²) in [6, 6.07) is 9.96. The summed E-state index contributed by atoms with van der Waals surface area (Å²) in [6.07, 6.45) is 9.19. The van der Waals surface area contributed by atoms with E-state index in [1.165, 1.54) is 12.1 Å². The Kier molecular flexibility index (Phi) is 5.50. The van der Waals surface area contributed by atoms with Crippen LogP contribution in [0.2, 0.25) is 0 Å². The molecule has 5 rings (SSSR count). The number of fused-ring (bicyclic) bond motifs is 1. The van der Waals surface area contributed by atoms with Gasteiger partial charge in [0.2, 0.25) is 0 Å². The first kappa shape index (κ1) is 21.1. The Morgan fingerprint density at radius 3 is 2.73 bits per heavy atom. The molecule has 0 saturated heterocycles. The highest BCUT2D eigenvalue weighted by atomic mass is 19.2. The second-order valence-electron chi connectivity index (χ2n) is 8.11. The van der Waals surface area contributed by atoms with Crippen molar-refractivity contribution in [1.29, 1.82) is 0 Å². The van der Waals surface area contributed by atoms with Gasteiger partial charge in [-0.1, -0.05) is 18.2 Å². The van der Waals surface area contributed by atoms with Crippen LogP contribution in [0.5, 0.6) is 5.75 Å². The number of methoxy groups -OCH3 is 1. The highest BCUT2D eigenvalue weighted by Gasteiger charge is 2.26. The Bertz CT molecular complexity index is 1340. The van der Waals surface area contributed by atoms with Gasteiger partial charge in [0.1, 0.15) is 11.6 Å². The van der Waals surface area contributed by atoms with Crippen molar-refractivity contribution in [3.05, 3.63) is 89.0 Å². The quantitative estimate of drug-likeness (QED) is 0.424. The van der Waals surface area contributed by atoms with Crippen molar-refractivity contribution in [2.75, 3.05) is 7.11 Å². The molecular formula is C25H23F2N5O. The number of benzene rings is 2. The normalized spacial score (nSPS) is 15.7. The highest BCUT2D eigenvalue weighted by molar-refractivity contribution is 5.69. The summed E-state index contributed by atoms with van der Waals surface area (Å²) in [5, 5.41) is 4.60. The molecule has 0 bridgehead atoms. The average Bonchev–Trinajstić information content (AvgIpc) is 3.45. The number of halogens is 2. The van der Waals surface area contributed by atoms with Gasteiger partial charge in [-0.2, -0.15) is 5.10 Å². The topological polar surface area (TPSA) is 57.8 Å². The molecule has 3 heterocycles. The molecule has 0 radical (unpaired) electrons. The second kappa shape index (κ2) is 8.61. The van der Waals surface area contributed by atoms with E-state index in [0.717, 1.165) is 47.9 Å². The van der Waals surface area contributed by atoms with Gasteiger partial charge in [-0.3, -0.25) is 0 Å². The zero-order valence-electron chi connectivity index (χ0n) is 18.4. The van der Waals surface area contributed by atoms with Gasteiger partial charge >= 0.3 is 0 Å². The third-order valence-corrected chi connectivity index (χ3v) is 5.86. The van der Waals surface area contributed by atoms with Crippen LogP contribution in [0.1, 0.15) is 47.2 Å². The maximum Gasteiger partial charge on any atom is 0.174 e. The van der Waals surface area contributed by atoms with E-state index in [4.69, 9.17) is 9.72 Å². The summed E-state index contributed by atoms with van der Waals surface area (Å²) < 4.78 is 36.5. The van der Waals surface area contributed by atoms with E-state index in [1.807, 2.05) is 52.7 Å². The molecule has 0 fully saturated rings. The maximum absolute atomic E-state index is 13.8. The minimum atomic E-state index is -0.843. The zero-order valence-corrected chi connectivity index (χ0v) is 18.4. The summed E-state index contributed by atoms with van der Waals surface area (Å²) in [4.78, 5) is 8.96. The first-order valence-corrected chi connectivity index (χ1v) is 10.8. The van der Waals surface area contributed by atoms with E-state index < -0.39 is 11.6 Å². The Labute approximate surface area is 190 Å². The van der Waals surface area contributed by atoms with Gasteiger partial charge in [0.15, 0.2) is 17.5 Å². The minimum Gasteiger partial charge on any atom is -0.495 e. The van der Waals surface area contributed by atoms with Crippen molar-refractivity contribution in [2.45, 2.75) is 32.2 Å². The fourth-order valence-corrected chi connectivity index (χ4v) is 4.22. The van der Waals surface area contributed by atoms with Crippen LogP contribution in [0.4, 0.5) is 8.78 Å². The van der Waals surface area contributed by atoms with E-state index >= 15 is 0 Å². The molecule has 0 saturated carbocycles.